The lowest BCUT2D eigenvalue weighted by atomic mass is 10.0. The van der Waals surface area contributed by atoms with Gasteiger partial charge in [-0.15, -0.1) is 11.6 Å². The molecule has 1 amide bonds. The van der Waals surface area contributed by atoms with Crippen molar-refractivity contribution in [2.75, 3.05) is 12.5 Å². The molecular formula is C8H16ClNO2. The molecule has 1 atom stereocenters. The summed E-state index contributed by atoms with van der Waals surface area (Å²) in [4.78, 5) is 10.8. The Labute approximate surface area is 78.1 Å². The topological polar surface area (TPSA) is 49.3 Å². The van der Waals surface area contributed by atoms with Gasteiger partial charge in [0.2, 0.25) is 5.91 Å². The number of aliphatic hydroxyl groups is 1. The van der Waals surface area contributed by atoms with Gasteiger partial charge in [-0.2, -0.15) is 0 Å². The van der Waals surface area contributed by atoms with Crippen LogP contribution in [-0.2, 0) is 4.79 Å². The summed E-state index contributed by atoms with van der Waals surface area (Å²) < 4.78 is 0. The first-order valence-electron chi connectivity index (χ1n) is 4.06. The quantitative estimate of drug-likeness (QED) is 0.634. The van der Waals surface area contributed by atoms with Crippen LogP contribution in [0, 0.1) is 5.92 Å². The molecule has 0 saturated carbocycles. The maximum Gasteiger partial charge on any atom is 0.235 e. The molecule has 12 heavy (non-hydrogen) atoms. The van der Waals surface area contributed by atoms with Crippen molar-refractivity contribution in [2.24, 2.45) is 5.92 Å². The Bertz CT molecular complexity index is 139. The first-order chi connectivity index (χ1) is 5.60. The van der Waals surface area contributed by atoms with Crippen LogP contribution in [0.2, 0.25) is 0 Å². The van der Waals surface area contributed by atoms with E-state index < -0.39 is 0 Å². The van der Waals surface area contributed by atoms with Gasteiger partial charge in [0, 0.05) is 0 Å². The lowest BCUT2D eigenvalue weighted by Crippen LogP contribution is -2.39. The number of carbonyl (C=O) groups is 1. The normalized spacial score (nSPS) is 13.1. The van der Waals surface area contributed by atoms with Crippen LogP contribution in [0.5, 0.6) is 0 Å². The van der Waals surface area contributed by atoms with Gasteiger partial charge in [-0.3, -0.25) is 4.79 Å². The molecule has 0 aromatic rings. The zero-order valence-electron chi connectivity index (χ0n) is 7.51. The van der Waals surface area contributed by atoms with E-state index >= 15 is 0 Å². The Balaban J connectivity index is 3.74. The van der Waals surface area contributed by atoms with Crippen LogP contribution in [0.25, 0.3) is 0 Å². The van der Waals surface area contributed by atoms with Crippen molar-refractivity contribution in [1.82, 2.24) is 5.32 Å². The number of nitrogens with one attached hydrogen (secondary N) is 1. The van der Waals surface area contributed by atoms with Gasteiger partial charge < -0.3 is 10.4 Å². The lowest BCUT2D eigenvalue weighted by molar-refractivity contribution is -0.119. The molecule has 2 N–H and O–H groups in total. The van der Waals surface area contributed by atoms with Crippen molar-refractivity contribution in [1.29, 1.82) is 0 Å². The van der Waals surface area contributed by atoms with E-state index in [2.05, 4.69) is 5.32 Å². The van der Waals surface area contributed by atoms with Crippen LogP contribution < -0.4 is 5.32 Å². The van der Waals surface area contributed by atoms with Crippen LogP contribution in [0.4, 0.5) is 0 Å². The highest BCUT2D eigenvalue weighted by molar-refractivity contribution is 6.27. The molecule has 0 aromatic carbocycles. The van der Waals surface area contributed by atoms with Crippen LogP contribution >= 0.6 is 11.6 Å². The predicted molar refractivity (Wildman–Crippen MR) is 49.2 cm³/mol. The summed E-state index contributed by atoms with van der Waals surface area (Å²) in [5.74, 6) is 0.184. The summed E-state index contributed by atoms with van der Waals surface area (Å²) in [6.45, 7) is 4.05. The Morgan fingerprint density at radius 2 is 2.17 bits per heavy atom. The molecule has 0 aliphatic carbocycles. The van der Waals surface area contributed by atoms with Gasteiger partial charge in [-0.25, -0.2) is 0 Å². The fourth-order valence-corrected chi connectivity index (χ4v) is 1.09. The summed E-state index contributed by atoms with van der Waals surface area (Å²) in [6, 6.07) is -0.156. The fourth-order valence-electron chi connectivity index (χ4n) is 1.01. The summed E-state index contributed by atoms with van der Waals surface area (Å²) >= 11 is 5.30. The Kier molecular flexibility index (Phi) is 6.11. The molecule has 0 bridgehead atoms. The molecule has 0 aliphatic heterocycles. The van der Waals surface area contributed by atoms with Crippen LogP contribution in [-0.4, -0.2) is 29.5 Å². The third kappa shape index (κ3) is 5.38. The van der Waals surface area contributed by atoms with Crippen molar-refractivity contribution in [3.8, 4) is 0 Å². The third-order valence-electron chi connectivity index (χ3n) is 1.46. The van der Waals surface area contributed by atoms with Gasteiger partial charge in [0.15, 0.2) is 0 Å². The van der Waals surface area contributed by atoms with Crippen LogP contribution in [0.1, 0.15) is 20.3 Å². The van der Waals surface area contributed by atoms with E-state index in [0.29, 0.717) is 5.92 Å². The fraction of sp³-hybridized carbons (Fsp3) is 0.875. The molecule has 0 radical (unpaired) electrons. The highest BCUT2D eigenvalue weighted by Gasteiger charge is 2.11. The molecule has 0 heterocycles. The highest BCUT2D eigenvalue weighted by atomic mass is 35.5. The molecular weight excluding hydrogens is 178 g/mol. The largest absolute Gasteiger partial charge is 0.394 e. The minimum atomic E-state index is -0.226. The number of hydrogen-bond acceptors (Lipinski definition) is 2. The third-order valence-corrected chi connectivity index (χ3v) is 1.71. The molecule has 0 aliphatic rings. The molecule has 3 nitrogen and oxygen atoms in total. The van der Waals surface area contributed by atoms with E-state index in [0.717, 1.165) is 6.42 Å². The number of carbonyl (C=O) groups excluding carboxylic acids is 1. The Hall–Kier alpha value is -0.280. The Morgan fingerprint density at radius 3 is 2.50 bits per heavy atom. The average molecular weight is 194 g/mol. The van der Waals surface area contributed by atoms with Gasteiger partial charge in [0.1, 0.15) is 5.88 Å². The minimum Gasteiger partial charge on any atom is -0.394 e. The summed E-state index contributed by atoms with van der Waals surface area (Å²) in [5.41, 5.74) is 0. The second kappa shape index (κ2) is 6.26. The number of hydrogen-bond donors (Lipinski definition) is 2. The lowest BCUT2D eigenvalue weighted by Gasteiger charge is -2.17. The standard InChI is InChI=1S/C8H16ClNO2/c1-6(2)3-7(5-11)10-8(12)4-9/h6-7,11H,3-5H2,1-2H3,(H,10,12). The zero-order valence-corrected chi connectivity index (χ0v) is 8.27. The molecule has 0 rings (SSSR count). The summed E-state index contributed by atoms with van der Waals surface area (Å²) in [7, 11) is 0. The van der Waals surface area contributed by atoms with Gasteiger partial charge in [-0.1, -0.05) is 13.8 Å². The zero-order chi connectivity index (χ0) is 9.56. The first-order valence-corrected chi connectivity index (χ1v) is 4.59. The van der Waals surface area contributed by atoms with E-state index in [1.165, 1.54) is 0 Å². The monoisotopic (exact) mass is 193 g/mol. The second-order valence-electron chi connectivity index (χ2n) is 3.21. The van der Waals surface area contributed by atoms with E-state index in [-0.39, 0.29) is 24.4 Å². The number of aliphatic hydroxyl groups excluding tert-OH is 1. The number of alkyl halides is 1. The smallest absolute Gasteiger partial charge is 0.235 e. The minimum absolute atomic E-state index is 0.0270. The number of rotatable bonds is 5. The predicted octanol–water partition coefficient (Wildman–Crippen LogP) is 0.748. The number of halogens is 1. The van der Waals surface area contributed by atoms with Crippen molar-refractivity contribution in [3.63, 3.8) is 0 Å². The van der Waals surface area contributed by atoms with Crippen molar-refractivity contribution < 1.29 is 9.90 Å². The molecule has 0 saturated heterocycles. The molecule has 4 heteroatoms. The van der Waals surface area contributed by atoms with Gasteiger partial charge in [0.25, 0.3) is 0 Å². The maximum absolute atomic E-state index is 10.8. The molecule has 0 fully saturated rings. The van der Waals surface area contributed by atoms with Crippen molar-refractivity contribution >= 4 is 17.5 Å². The van der Waals surface area contributed by atoms with Crippen molar-refractivity contribution in [3.05, 3.63) is 0 Å². The number of amides is 1. The summed E-state index contributed by atoms with van der Waals surface area (Å²) in [5, 5.41) is 11.5. The van der Waals surface area contributed by atoms with Gasteiger partial charge >= 0.3 is 0 Å². The highest BCUT2D eigenvalue weighted by Crippen LogP contribution is 2.03. The SMILES string of the molecule is CC(C)CC(CO)NC(=O)CCl. The Morgan fingerprint density at radius 1 is 1.58 bits per heavy atom. The van der Waals surface area contributed by atoms with Crippen molar-refractivity contribution in [2.45, 2.75) is 26.3 Å². The maximum atomic E-state index is 10.8. The second-order valence-corrected chi connectivity index (χ2v) is 3.48. The molecule has 0 aromatic heterocycles. The molecule has 0 spiro atoms. The first kappa shape index (κ1) is 11.7. The van der Waals surface area contributed by atoms with E-state index in [1.54, 1.807) is 0 Å². The molecule has 1 unspecified atom stereocenters. The average Bonchev–Trinajstić information content (AvgIpc) is 2.02. The van der Waals surface area contributed by atoms with E-state index in [4.69, 9.17) is 16.7 Å². The van der Waals surface area contributed by atoms with E-state index in [1.807, 2.05) is 13.8 Å². The van der Waals surface area contributed by atoms with Gasteiger partial charge in [-0.05, 0) is 12.3 Å². The van der Waals surface area contributed by atoms with E-state index in [9.17, 15) is 4.79 Å². The molecule has 72 valence electrons. The van der Waals surface area contributed by atoms with Crippen LogP contribution in [0.3, 0.4) is 0 Å². The van der Waals surface area contributed by atoms with Crippen LogP contribution in [0.15, 0.2) is 0 Å². The van der Waals surface area contributed by atoms with Gasteiger partial charge in [0.05, 0.1) is 12.6 Å². The summed E-state index contributed by atoms with van der Waals surface area (Å²) in [6.07, 6.45) is 0.777.